The van der Waals surface area contributed by atoms with Crippen molar-refractivity contribution in [2.24, 2.45) is 0 Å². The number of hydrogen-bond acceptors (Lipinski definition) is 5. The minimum absolute atomic E-state index is 0.166. The zero-order chi connectivity index (χ0) is 23.3. The van der Waals surface area contributed by atoms with Gasteiger partial charge < -0.3 is 14.7 Å². The maximum absolute atomic E-state index is 14.1. The molecule has 172 valence electrons. The molecule has 1 aliphatic heterocycles. The molecule has 1 aliphatic rings. The lowest BCUT2D eigenvalue weighted by Crippen LogP contribution is -2.36. The summed E-state index contributed by atoms with van der Waals surface area (Å²) < 4.78 is 32.9. The highest BCUT2D eigenvalue weighted by molar-refractivity contribution is 7.13. The SMILES string of the molecule is COC(=O)c1ccc(CCCN2C(=O)C(F)(F)C[C@@H]2/C=C/[C@@H](O)[C@@H](C)c2ccccc2)s1. The van der Waals surface area contributed by atoms with Gasteiger partial charge in [-0.3, -0.25) is 4.79 Å². The van der Waals surface area contributed by atoms with Gasteiger partial charge in [0.1, 0.15) is 4.88 Å². The van der Waals surface area contributed by atoms with Crippen LogP contribution in [-0.4, -0.2) is 53.6 Å². The summed E-state index contributed by atoms with van der Waals surface area (Å²) in [5, 5.41) is 10.5. The third-order valence-corrected chi connectivity index (χ3v) is 6.80. The summed E-state index contributed by atoms with van der Waals surface area (Å²) in [6.07, 6.45) is 2.61. The lowest BCUT2D eigenvalue weighted by Gasteiger charge is -2.22. The summed E-state index contributed by atoms with van der Waals surface area (Å²) in [5.74, 6) is -5.21. The number of rotatable bonds is 9. The molecule has 1 fully saturated rings. The first-order valence-electron chi connectivity index (χ1n) is 10.5. The number of halogens is 2. The lowest BCUT2D eigenvalue weighted by atomic mass is 9.94. The number of carbonyl (C=O) groups is 2. The van der Waals surface area contributed by atoms with Crippen molar-refractivity contribution in [3.63, 3.8) is 0 Å². The molecule has 0 radical (unpaired) electrons. The number of alkyl halides is 2. The number of hydrogen-bond donors (Lipinski definition) is 1. The van der Waals surface area contributed by atoms with Crippen molar-refractivity contribution < 1.29 is 28.2 Å². The van der Waals surface area contributed by atoms with E-state index in [1.54, 1.807) is 12.1 Å². The smallest absolute Gasteiger partial charge is 0.348 e. The number of thiophene rings is 1. The average Bonchev–Trinajstić information content (AvgIpc) is 3.35. The predicted molar refractivity (Wildman–Crippen MR) is 119 cm³/mol. The Bertz CT molecular complexity index is 960. The van der Waals surface area contributed by atoms with Crippen LogP contribution in [0.25, 0.3) is 0 Å². The van der Waals surface area contributed by atoms with E-state index in [1.807, 2.05) is 37.3 Å². The van der Waals surface area contributed by atoms with E-state index in [4.69, 9.17) is 0 Å². The average molecular weight is 464 g/mol. The third kappa shape index (κ3) is 5.61. The molecule has 1 aromatic carbocycles. The van der Waals surface area contributed by atoms with Crippen LogP contribution in [0.1, 0.15) is 45.8 Å². The van der Waals surface area contributed by atoms with Gasteiger partial charge in [0.15, 0.2) is 0 Å². The summed E-state index contributed by atoms with van der Waals surface area (Å²) >= 11 is 1.29. The van der Waals surface area contributed by atoms with Gasteiger partial charge in [0.2, 0.25) is 0 Å². The standard InChI is InChI=1S/C24H27F2NO4S/c1-16(17-7-4-3-5-8-17)20(28)12-10-18-15-24(25,26)23(30)27(18)14-6-9-19-11-13-21(32-19)22(29)31-2/h3-5,7-8,10-13,16,18,20,28H,6,9,14-15H2,1-2H3/b12-10+/t16-,18-,20+/m0/s1. The molecule has 5 nitrogen and oxygen atoms in total. The Hall–Kier alpha value is -2.58. The van der Waals surface area contributed by atoms with Crippen molar-refractivity contribution in [2.75, 3.05) is 13.7 Å². The Morgan fingerprint density at radius 2 is 2.03 bits per heavy atom. The van der Waals surface area contributed by atoms with Gasteiger partial charge in [-0.05, 0) is 30.5 Å². The van der Waals surface area contributed by atoms with Crippen molar-refractivity contribution in [1.82, 2.24) is 4.90 Å². The number of nitrogens with zero attached hydrogens (tertiary/aromatic N) is 1. The van der Waals surface area contributed by atoms with Gasteiger partial charge in [0, 0.05) is 23.8 Å². The highest BCUT2D eigenvalue weighted by Gasteiger charge is 2.52. The van der Waals surface area contributed by atoms with Crippen molar-refractivity contribution in [3.8, 4) is 0 Å². The van der Waals surface area contributed by atoms with Gasteiger partial charge in [0.05, 0.1) is 19.3 Å². The highest BCUT2D eigenvalue weighted by Crippen LogP contribution is 2.35. The van der Waals surface area contributed by atoms with Gasteiger partial charge in [-0.25, -0.2) is 4.79 Å². The zero-order valence-corrected chi connectivity index (χ0v) is 18.9. The summed E-state index contributed by atoms with van der Waals surface area (Å²) in [6.45, 7) is 2.03. The number of aliphatic hydroxyl groups is 1. The Morgan fingerprint density at radius 1 is 1.31 bits per heavy atom. The Labute approximate surface area is 190 Å². The largest absolute Gasteiger partial charge is 0.465 e. The van der Waals surface area contributed by atoms with Gasteiger partial charge >= 0.3 is 11.9 Å². The molecular formula is C24H27F2NO4S. The summed E-state index contributed by atoms with van der Waals surface area (Å²) in [4.78, 5) is 26.4. The zero-order valence-electron chi connectivity index (χ0n) is 18.0. The van der Waals surface area contributed by atoms with Crippen LogP contribution in [0.3, 0.4) is 0 Å². The number of benzene rings is 1. The fourth-order valence-corrected chi connectivity index (χ4v) is 4.74. The Balaban J connectivity index is 1.61. The number of aliphatic hydroxyl groups excluding tert-OH is 1. The molecule has 2 heterocycles. The molecule has 2 aromatic rings. The Kier molecular flexibility index (Phi) is 7.79. The maximum Gasteiger partial charge on any atom is 0.348 e. The number of carbonyl (C=O) groups excluding carboxylic acids is 2. The normalized spacial score (nSPS) is 20.0. The lowest BCUT2D eigenvalue weighted by molar-refractivity contribution is -0.148. The number of ether oxygens (including phenoxy) is 1. The molecule has 0 aliphatic carbocycles. The number of methoxy groups -OCH3 is 1. The number of likely N-dealkylation sites (tertiary alicyclic amines) is 1. The number of amides is 1. The minimum atomic E-state index is -3.41. The van der Waals surface area contributed by atoms with Crippen molar-refractivity contribution >= 4 is 23.2 Å². The topological polar surface area (TPSA) is 66.8 Å². The molecule has 3 rings (SSSR count). The maximum atomic E-state index is 14.1. The molecule has 1 saturated heterocycles. The van der Waals surface area contributed by atoms with Crippen molar-refractivity contribution in [1.29, 1.82) is 0 Å². The monoisotopic (exact) mass is 463 g/mol. The summed E-state index contributed by atoms with van der Waals surface area (Å²) in [7, 11) is 1.31. The second-order valence-electron chi connectivity index (χ2n) is 7.91. The van der Waals surface area contributed by atoms with Crippen LogP contribution < -0.4 is 0 Å². The third-order valence-electron chi connectivity index (χ3n) is 5.68. The van der Waals surface area contributed by atoms with E-state index in [1.165, 1.54) is 35.5 Å². The molecule has 0 saturated carbocycles. The van der Waals surface area contributed by atoms with Gasteiger partial charge in [0.25, 0.3) is 5.91 Å². The van der Waals surface area contributed by atoms with Crippen molar-refractivity contribution in [2.45, 2.75) is 50.2 Å². The van der Waals surface area contributed by atoms with Gasteiger partial charge in [-0.2, -0.15) is 8.78 Å². The molecule has 1 aromatic heterocycles. The predicted octanol–water partition coefficient (Wildman–Crippen LogP) is 4.42. The second kappa shape index (κ2) is 10.4. The fourth-order valence-electron chi connectivity index (χ4n) is 3.77. The molecule has 0 bridgehead atoms. The quantitative estimate of drug-likeness (QED) is 0.442. The molecule has 3 atom stereocenters. The van der Waals surface area contributed by atoms with E-state index in [-0.39, 0.29) is 12.5 Å². The van der Waals surface area contributed by atoms with E-state index in [2.05, 4.69) is 4.74 Å². The van der Waals surface area contributed by atoms with Gasteiger partial charge in [-0.15, -0.1) is 11.3 Å². The van der Waals surface area contributed by atoms with E-state index >= 15 is 0 Å². The summed E-state index contributed by atoms with van der Waals surface area (Å²) in [6, 6.07) is 12.1. The van der Waals surface area contributed by atoms with Crippen molar-refractivity contribution in [3.05, 3.63) is 69.9 Å². The second-order valence-corrected chi connectivity index (χ2v) is 9.08. The van der Waals surface area contributed by atoms with E-state index in [0.29, 0.717) is 17.7 Å². The van der Waals surface area contributed by atoms with Crippen LogP contribution in [0.4, 0.5) is 8.78 Å². The molecule has 0 spiro atoms. The molecular weight excluding hydrogens is 436 g/mol. The summed E-state index contributed by atoms with van der Waals surface area (Å²) in [5.41, 5.74) is 0.941. The molecule has 1 N–H and O–H groups in total. The van der Waals surface area contributed by atoms with Crippen LogP contribution in [0.15, 0.2) is 54.6 Å². The van der Waals surface area contributed by atoms with E-state index in [0.717, 1.165) is 10.4 Å². The van der Waals surface area contributed by atoms with Gasteiger partial charge in [-0.1, -0.05) is 49.4 Å². The molecule has 1 amide bonds. The fraction of sp³-hybridized carbons (Fsp3) is 0.417. The Morgan fingerprint density at radius 3 is 2.72 bits per heavy atom. The highest BCUT2D eigenvalue weighted by atomic mass is 32.1. The van der Waals surface area contributed by atoms with Crippen LogP contribution in [0, 0.1) is 0 Å². The van der Waals surface area contributed by atoms with Crippen LogP contribution in [0.2, 0.25) is 0 Å². The molecule has 0 unspecified atom stereocenters. The van der Waals surface area contributed by atoms with Crippen LogP contribution in [0.5, 0.6) is 0 Å². The van der Waals surface area contributed by atoms with Crippen LogP contribution >= 0.6 is 11.3 Å². The molecule has 32 heavy (non-hydrogen) atoms. The number of aryl methyl sites for hydroxylation is 1. The number of esters is 1. The molecule has 8 heteroatoms. The van der Waals surface area contributed by atoms with E-state index < -0.39 is 36.4 Å². The van der Waals surface area contributed by atoms with E-state index in [9.17, 15) is 23.5 Å². The van der Waals surface area contributed by atoms with Crippen LogP contribution in [-0.2, 0) is 16.0 Å². The minimum Gasteiger partial charge on any atom is -0.465 e. The first kappa shape index (κ1) is 24.1. The first-order valence-corrected chi connectivity index (χ1v) is 11.3. The first-order chi connectivity index (χ1) is 15.2.